The van der Waals surface area contributed by atoms with Crippen molar-refractivity contribution in [3.63, 3.8) is 0 Å². The fourth-order valence-corrected chi connectivity index (χ4v) is 2.80. The van der Waals surface area contributed by atoms with Gasteiger partial charge in [0.25, 0.3) is 0 Å². The van der Waals surface area contributed by atoms with Gasteiger partial charge in [-0.05, 0) is 44.1 Å². The van der Waals surface area contributed by atoms with Gasteiger partial charge in [0.1, 0.15) is 0 Å². The molecule has 0 aromatic carbocycles. The first-order valence-corrected chi connectivity index (χ1v) is 6.64. The first-order valence-electron chi connectivity index (χ1n) is 6.64. The Hall–Kier alpha value is -0.0800. The summed E-state index contributed by atoms with van der Waals surface area (Å²) in [5.41, 5.74) is 0.496. The normalized spacial score (nSPS) is 27.4. The number of ether oxygens (including phenoxy) is 1. The third-order valence-corrected chi connectivity index (χ3v) is 4.19. The minimum Gasteiger partial charge on any atom is -0.383 e. The molecule has 1 aliphatic rings. The van der Waals surface area contributed by atoms with Gasteiger partial charge >= 0.3 is 0 Å². The van der Waals surface area contributed by atoms with E-state index in [9.17, 15) is 0 Å². The van der Waals surface area contributed by atoms with Gasteiger partial charge in [-0.3, -0.25) is 0 Å². The van der Waals surface area contributed by atoms with Crippen LogP contribution in [-0.4, -0.2) is 38.3 Å². The van der Waals surface area contributed by atoms with Crippen LogP contribution in [0.25, 0.3) is 0 Å². The largest absolute Gasteiger partial charge is 0.383 e. The van der Waals surface area contributed by atoms with Crippen LogP contribution in [0.2, 0.25) is 0 Å². The van der Waals surface area contributed by atoms with Crippen LogP contribution in [-0.2, 0) is 4.74 Å². The van der Waals surface area contributed by atoms with Crippen molar-refractivity contribution >= 4 is 0 Å². The highest BCUT2D eigenvalue weighted by molar-refractivity contribution is 4.83. The summed E-state index contributed by atoms with van der Waals surface area (Å²) in [5, 5.41) is 0. The molecule has 96 valence electrons. The maximum atomic E-state index is 5.14. The van der Waals surface area contributed by atoms with Crippen molar-refractivity contribution in [3.8, 4) is 0 Å². The number of likely N-dealkylation sites (N-methyl/N-ethyl adjacent to an activating group) is 1. The van der Waals surface area contributed by atoms with Gasteiger partial charge in [-0.1, -0.05) is 20.8 Å². The van der Waals surface area contributed by atoms with Gasteiger partial charge in [-0.25, -0.2) is 0 Å². The predicted octanol–water partition coefficient (Wildman–Crippen LogP) is 3.17. The molecule has 0 N–H and O–H groups in total. The van der Waals surface area contributed by atoms with Crippen molar-refractivity contribution in [2.24, 2.45) is 11.3 Å². The average molecular weight is 227 g/mol. The molecule has 0 bridgehead atoms. The smallest absolute Gasteiger partial charge is 0.0589 e. The second-order valence-electron chi connectivity index (χ2n) is 6.34. The van der Waals surface area contributed by atoms with Crippen molar-refractivity contribution in [2.45, 2.75) is 52.5 Å². The summed E-state index contributed by atoms with van der Waals surface area (Å²) in [6, 6.07) is 0.786. The summed E-state index contributed by atoms with van der Waals surface area (Å²) in [7, 11) is 4.02. The molecule has 1 aliphatic carbocycles. The van der Waals surface area contributed by atoms with Crippen LogP contribution in [0.1, 0.15) is 46.5 Å². The number of hydrogen-bond donors (Lipinski definition) is 0. The van der Waals surface area contributed by atoms with E-state index in [1.807, 2.05) is 0 Å². The Morgan fingerprint density at radius 1 is 1.12 bits per heavy atom. The van der Waals surface area contributed by atoms with Gasteiger partial charge in [0.2, 0.25) is 0 Å². The molecule has 0 aliphatic heterocycles. The number of hydrogen-bond acceptors (Lipinski definition) is 2. The highest BCUT2D eigenvalue weighted by Crippen LogP contribution is 2.38. The third-order valence-electron chi connectivity index (χ3n) is 4.19. The minimum absolute atomic E-state index is 0.496. The lowest BCUT2D eigenvalue weighted by atomic mass is 9.71. The minimum atomic E-state index is 0.496. The monoisotopic (exact) mass is 227 g/mol. The lowest BCUT2D eigenvalue weighted by molar-refractivity contribution is 0.0884. The van der Waals surface area contributed by atoms with Gasteiger partial charge < -0.3 is 9.64 Å². The van der Waals surface area contributed by atoms with Gasteiger partial charge in [0, 0.05) is 19.7 Å². The Morgan fingerprint density at radius 3 is 2.12 bits per heavy atom. The third kappa shape index (κ3) is 4.06. The number of rotatable bonds is 4. The lowest BCUT2D eigenvalue weighted by Crippen LogP contribution is -2.39. The Balaban J connectivity index is 2.31. The fraction of sp³-hybridized carbons (Fsp3) is 1.00. The summed E-state index contributed by atoms with van der Waals surface area (Å²) in [6.07, 6.45) is 5.52. The van der Waals surface area contributed by atoms with Crippen molar-refractivity contribution in [2.75, 3.05) is 27.3 Å². The summed E-state index contributed by atoms with van der Waals surface area (Å²) < 4.78 is 5.14. The standard InChI is InChI=1S/C14H29NO/c1-14(2,3)12-6-8-13(9-7-12)15(4)10-11-16-5/h12-13H,6-11H2,1-5H3. The molecule has 1 fully saturated rings. The van der Waals surface area contributed by atoms with Crippen LogP contribution in [0.15, 0.2) is 0 Å². The zero-order valence-corrected chi connectivity index (χ0v) is 11.8. The van der Waals surface area contributed by atoms with Crippen LogP contribution in [0.5, 0.6) is 0 Å². The van der Waals surface area contributed by atoms with E-state index in [4.69, 9.17) is 4.74 Å². The molecule has 0 aromatic rings. The maximum absolute atomic E-state index is 5.14. The van der Waals surface area contributed by atoms with Crippen LogP contribution in [0, 0.1) is 11.3 Å². The second-order valence-corrected chi connectivity index (χ2v) is 6.34. The average Bonchev–Trinajstić information content (AvgIpc) is 2.25. The van der Waals surface area contributed by atoms with E-state index in [0.29, 0.717) is 5.41 Å². The first kappa shape index (κ1) is 14.0. The van der Waals surface area contributed by atoms with Gasteiger partial charge in [-0.2, -0.15) is 0 Å². The van der Waals surface area contributed by atoms with E-state index in [-0.39, 0.29) is 0 Å². The molecule has 0 amide bonds. The van der Waals surface area contributed by atoms with E-state index in [2.05, 4.69) is 32.7 Å². The first-order chi connectivity index (χ1) is 7.45. The molecule has 1 saturated carbocycles. The molecule has 0 atom stereocenters. The number of nitrogens with zero attached hydrogens (tertiary/aromatic N) is 1. The van der Waals surface area contributed by atoms with Crippen LogP contribution >= 0.6 is 0 Å². The quantitative estimate of drug-likeness (QED) is 0.731. The Bertz CT molecular complexity index is 189. The molecule has 0 heterocycles. The summed E-state index contributed by atoms with van der Waals surface area (Å²) in [5.74, 6) is 0.916. The molecular weight excluding hydrogens is 198 g/mol. The predicted molar refractivity (Wildman–Crippen MR) is 69.7 cm³/mol. The van der Waals surface area contributed by atoms with Crippen molar-refractivity contribution in [1.29, 1.82) is 0 Å². The SMILES string of the molecule is COCCN(C)C1CCC(C(C)(C)C)CC1. The topological polar surface area (TPSA) is 12.5 Å². The molecular formula is C14H29NO. The van der Waals surface area contributed by atoms with Crippen LogP contribution in [0.4, 0.5) is 0 Å². The maximum Gasteiger partial charge on any atom is 0.0589 e. The molecule has 0 saturated heterocycles. The summed E-state index contributed by atoms with van der Waals surface area (Å²) in [6.45, 7) is 9.07. The molecule has 0 unspecified atom stereocenters. The molecule has 2 heteroatoms. The molecule has 16 heavy (non-hydrogen) atoms. The van der Waals surface area contributed by atoms with Crippen molar-refractivity contribution in [1.82, 2.24) is 4.90 Å². The second kappa shape index (κ2) is 6.02. The molecule has 2 nitrogen and oxygen atoms in total. The van der Waals surface area contributed by atoms with Gasteiger partial charge in [0.05, 0.1) is 6.61 Å². The van der Waals surface area contributed by atoms with Crippen LogP contribution < -0.4 is 0 Å². The van der Waals surface area contributed by atoms with E-state index >= 15 is 0 Å². The highest BCUT2D eigenvalue weighted by Gasteiger charge is 2.30. The molecule has 0 aromatic heterocycles. The molecule has 0 radical (unpaired) electrons. The highest BCUT2D eigenvalue weighted by atomic mass is 16.5. The van der Waals surface area contributed by atoms with Crippen molar-refractivity contribution in [3.05, 3.63) is 0 Å². The van der Waals surface area contributed by atoms with Crippen molar-refractivity contribution < 1.29 is 4.74 Å². The van der Waals surface area contributed by atoms with E-state index in [1.165, 1.54) is 25.7 Å². The van der Waals surface area contributed by atoms with Gasteiger partial charge in [-0.15, -0.1) is 0 Å². The zero-order valence-electron chi connectivity index (χ0n) is 11.8. The fourth-order valence-electron chi connectivity index (χ4n) is 2.80. The van der Waals surface area contributed by atoms with E-state index in [1.54, 1.807) is 7.11 Å². The van der Waals surface area contributed by atoms with E-state index in [0.717, 1.165) is 25.1 Å². The van der Waals surface area contributed by atoms with Crippen LogP contribution in [0.3, 0.4) is 0 Å². The number of methoxy groups -OCH3 is 1. The van der Waals surface area contributed by atoms with Gasteiger partial charge in [0.15, 0.2) is 0 Å². The Kier molecular flexibility index (Phi) is 5.26. The lowest BCUT2D eigenvalue weighted by Gasteiger charge is -2.40. The summed E-state index contributed by atoms with van der Waals surface area (Å²) in [4.78, 5) is 2.47. The zero-order chi connectivity index (χ0) is 12.2. The molecule has 0 spiro atoms. The Morgan fingerprint density at radius 2 is 1.69 bits per heavy atom. The Labute approximate surface area is 101 Å². The van der Waals surface area contributed by atoms with E-state index < -0.39 is 0 Å². The summed E-state index contributed by atoms with van der Waals surface area (Å²) >= 11 is 0. The molecule has 1 rings (SSSR count).